The van der Waals surface area contributed by atoms with Crippen LogP contribution in [0.1, 0.15) is 27.0 Å². The molecule has 0 radical (unpaired) electrons. The third-order valence-electron chi connectivity index (χ3n) is 4.10. The van der Waals surface area contributed by atoms with E-state index in [4.69, 9.17) is 27.9 Å². The van der Waals surface area contributed by atoms with E-state index in [1.807, 2.05) is 19.1 Å². The molecular weight excluding hydrogens is 457 g/mol. The van der Waals surface area contributed by atoms with Gasteiger partial charge in [0.25, 0.3) is 11.8 Å². The summed E-state index contributed by atoms with van der Waals surface area (Å²) in [7, 11) is 0. The van der Waals surface area contributed by atoms with E-state index in [-0.39, 0.29) is 12.5 Å². The third kappa shape index (κ3) is 6.55. The molecule has 160 valence electrons. The van der Waals surface area contributed by atoms with Gasteiger partial charge < -0.3 is 10.1 Å². The van der Waals surface area contributed by atoms with E-state index in [1.54, 1.807) is 43.3 Å². The number of carbonyl (C=O) groups is 2. The zero-order valence-corrected chi connectivity index (χ0v) is 19.1. The second kappa shape index (κ2) is 10.4. The number of aryl methyl sites for hydroxylation is 1. The van der Waals surface area contributed by atoms with E-state index in [0.717, 1.165) is 10.4 Å². The molecule has 3 rings (SSSR count). The van der Waals surface area contributed by atoms with Gasteiger partial charge in [-0.2, -0.15) is 5.10 Å². The van der Waals surface area contributed by atoms with Gasteiger partial charge in [0.2, 0.25) is 0 Å². The monoisotopic (exact) mass is 475 g/mol. The van der Waals surface area contributed by atoms with Crippen molar-refractivity contribution >= 4 is 57.8 Å². The molecule has 0 saturated carbocycles. The van der Waals surface area contributed by atoms with E-state index >= 15 is 0 Å². The predicted molar refractivity (Wildman–Crippen MR) is 126 cm³/mol. The van der Waals surface area contributed by atoms with Gasteiger partial charge in [0, 0.05) is 15.6 Å². The number of rotatable bonds is 7. The minimum absolute atomic E-state index is 0.170. The molecule has 0 fully saturated rings. The fraction of sp³-hybridized carbons (Fsp3) is 0.136. The van der Waals surface area contributed by atoms with Crippen LogP contribution < -0.4 is 15.5 Å². The van der Waals surface area contributed by atoms with Gasteiger partial charge in [0.1, 0.15) is 5.75 Å². The van der Waals surface area contributed by atoms with Gasteiger partial charge in [0.05, 0.1) is 15.6 Å². The Balaban J connectivity index is 1.57. The highest BCUT2D eigenvalue weighted by molar-refractivity contribution is 7.14. The number of anilines is 1. The maximum absolute atomic E-state index is 12.3. The van der Waals surface area contributed by atoms with Gasteiger partial charge in [0.15, 0.2) is 6.61 Å². The van der Waals surface area contributed by atoms with Crippen LogP contribution in [0.4, 0.5) is 5.69 Å². The number of amides is 2. The standard InChI is InChI=1S/C22H19Cl2N3O3S/c1-13-6-9-20(31-13)22(29)25-17-5-3-4-15(10-17)14(2)26-27-21(28)12-30-19-8-7-16(23)11-18(19)24/h3-11H,12H2,1-2H3,(H,25,29)(H,27,28)/b26-14+. The number of ether oxygens (including phenoxy) is 1. The lowest BCUT2D eigenvalue weighted by Crippen LogP contribution is -2.25. The molecule has 0 aliphatic heterocycles. The normalized spacial score (nSPS) is 11.2. The molecule has 0 aliphatic carbocycles. The molecule has 3 aromatic rings. The SMILES string of the molecule is C/C(=N\NC(=O)COc1ccc(Cl)cc1Cl)c1cccc(NC(=O)c2ccc(C)s2)c1. The van der Waals surface area contributed by atoms with Crippen LogP contribution in [0.2, 0.25) is 10.0 Å². The molecule has 0 saturated heterocycles. The third-order valence-corrected chi connectivity index (χ3v) is 5.63. The Morgan fingerprint density at radius 1 is 1.10 bits per heavy atom. The van der Waals surface area contributed by atoms with Crippen molar-refractivity contribution in [2.45, 2.75) is 13.8 Å². The number of carbonyl (C=O) groups excluding carboxylic acids is 2. The molecule has 0 unspecified atom stereocenters. The van der Waals surface area contributed by atoms with Crippen LogP contribution in [0.25, 0.3) is 0 Å². The van der Waals surface area contributed by atoms with Crippen molar-refractivity contribution in [2.24, 2.45) is 5.10 Å². The number of thiophene rings is 1. The highest BCUT2D eigenvalue weighted by Gasteiger charge is 2.10. The first kappa shape index (κ1) is 22.8. The quantitative estimate of drug-likeness (QED) is 0.347. The van der Waals surface area contributed by atoms with Crippen LogP contribution in [0.5, 0.6) is 5.75 Å². The van der Waals surface area contributed by atoms with Crippen molar-refractivity contribution in [3.8, 4) is 5.75 Å². The summed E-state index contributed by atoms with van der Waals surface area (Å²) < 4.78 is 5.38. The summed E-state index contributed by atoms with van der Waals surface area (Å²) in [4.78, 5) is 26.1. The fourth-order valence-electron chi connectivity index (χ4n) is 2.55. The van der Waals surface area contributed by atoms with Gasteiger partial charge in [-0.25, -0.2) is 5.43 Å². The molecule has 31 heavy (non-hydrogen) atoms. The largest absolute Gasteiger partial charge is 0.482 e. The molecule has 2 aromatic carbocycles. The topological polar surface area (TPSA) is 79.8 Å². The molecular formula is C22H19Cl2N3O3S. The number of nitrogens with one attached hydrogen (secondary N) is 2. The van der Waals surface area contributed by atoms with Gasteiger partial charge in [-0.3, -0.25) is 9.59 Å². The van der Waals surface area contributed by atoms with E-state index < -0.39 is 5.91 Å². The van der Waals surface area contributed by atoms with Gasteiger partial charge >= 0.3 is 0 Å². The van der Waals surface area contributed by atoms with Crippen LogP contribution in [0, 0.1) is 6.92 Å². The minimum atomic E-state index is -0.442. The molecule has 1 heterocycles. The molecule has 1 aromatic heterocycles. The second-order valence-electron chi connectivity index (χ2n) is 6.54. The lowest BCUT2D eigenvalue weighted by molar-refractivity contribution is -0.123. The van der Waals surface area contributed by atoms with Gasteiger partial charge in [-0.1, -0.05) is 35.3 Å². The summed E-state index contributed by atoms with van der Waals surface area (Å²) in [5.41, 5.74) is 4.40. The first-order valence-corrected chi connectivity index (χ1v) is 10.8. The van der Waals surface area contributed by atoms with Gasteiger partial charge in [-0.05, 0) is 61.9 Å². The molecule has 6 nitrogen and oxygen atoms in total. The highest BCUT2D eigenvalue weighted by Crippen LogP contribution is 2.27. The van der Waals surface area contributed by atoms with Crippen molar-refractivity contribution in [1.82, 2.24) is 5.43 Å². The van der Waals surface area contributed by atoms with E-state index in [0.29, 0.717) is 32.1 Å². The van der Waals surface area contributed by atoms with E-state index in [1.165, 1.54) is 17.4 Å². The average molecular weight is 476 g/mol. The van der Waals surface area contributed by atoms with Crippen LogP contribution in [0.3, 0.4) is 0 Å². The van der Waals surface area contributed by atoms with Crippen molar-refractivity contribution < 1.29 is 14.3 Å². The number of benzene rings is 2. The first-order valence-electron chi connectivity index (χ1n) is 9.21. The molecule has 0 aliphatic rings. The van der Waals surface area contributed by atoms with Crippen LogP contribution in [-0.4, -0.2) is 24.1 Å². The molecule has 0 spiro atoms. The zero-order valence-electron chi connectivity index (χ0n) is 16.7. The van der Waals surface area contributed by atoms with Crippen molar-refractivity contribution in [1.29, 1.82) is 0 Å². The Hall–Kier alpha value is -2.87. The number of hydrogen-bond donors (Lipinski definition) is 2. The second-order valence-corrected chi connectivity index (χ2v) is 8.67. The fourth-order valence-corrected chi connectivity index (χ4v) is 3.78. The summed E-state index contributed by atoms with van der Waals surface area (Å²) in [5.74, 6) is -0.259. The lowest BCUT2D eigenvalue weighted by Gasteiger charge is -2.08. The molecule has 2 amide bonds. The Labute approximate surface area is 193 Å². The average Bonchev–Trinajstić information content (AvgIpc) is 3.18. The smallest absolute Gasteiger partial charge is 0.277 e. The lowest BCUT2D eigenvalue weighted by atomic mass is 10.1. The molecule has 0 atom stereocenters. The highest BCUT2D eigenvalue weighted by atomic mass is 35.5. The molecule has 0 bridgehead atoms. The zero-order chi connectivity index (χ0) is 22.4. The Bertz CT molecular complexity index is 1140. The van der Waals surface area contributed by atoms with E-state index in [2.05, 4.69) is 15.8 Å². The summed E-state index contributed by atoms with van der Waals surface area (Å²) in [5, 5.41) is 7.76. The van der Waals surface area contributed by atoms with Crippen LogP contribution >= 0.6 is 34.5 Å². The maximum atomic E-state index is 12.3. The molecule has 9 heteroatoms. The van der Waals surface area contributed by atoms with Crippen molar-refractivity contribution in [2.75, 3.05) is 11.9 Å². The number of halogens is 2. The summed E-state index contributed by atoms with van der Waals surface area (Å²) >= 11 is 13.3. The van der Waals surface area contributed by atoms with E-state index in [9.17, 15) is 9.59 Å². The first-order chi connectivity index (χ1) is 14.8. The summed E-state index contributed by atoms with van der Waals surface area (Å²) in [6.45, 7) is 3.44. The van der Waals surface area contributed by atoms with Crippen LogP contribution in [0.15, 0.2) is 59.7 Å². The van der Waals surface area contributed by atoms with Crippen LogP contribution in [-0.2, 0) is 4.79 Å². The summed E-state index contributed by atoms with van der Waals surface area (Å²) in [6.07, 6.45) is 0. The predicted octanol–water partition coefficient (Wildman–Crippen LogP) is 5.53. The Morgan fingerprint density at radius 2 is 1.90 bits per heavy atom. The Morgan fingerprint density at radius 3 is 2.61 bits per heavy atom. The number of hydrazone groups is 1. The number of hydrogen-bond acceptors (Lipinski definition) is 5. The maximum Gasteiger partial charge on any atom is 0.277 e. The Kier molecular flexibility index (Phi) is 7.68. The van der Waals surface area contributed by atoms with Crippen molar-refractivity contribution in [3.63, 3.8) is 0 Å². The minimum Gasteiger partial charge on any atom is -0.482 e. The molecule has 2 N–H and O–H groups in total. The number of nitrogens with zero attached hydrogens (tertiary/aromatic N) is 1. The van der Waals surface area contributed by atoms with Gasteiger partial charge in [-0.15, -0.1) is 11.3 Å². The van der Waals surface area contributed by atoms with Crippen molar-refractivity contribution in [3.05, 3.63) is 80.0 Å². The summed E-state index contributed by atoms with van der Waals surface area (Å²) in [6, 6.07) is 15.6.